The molecule has 0 fully saturated rings. The van der Waals surface area contributed by atoms with Crippen LogP contribution in [0.2, 0.25) is 0 Å². The fraction of sp³-hybridized carbons (Fsp3) is 0.364. The zero-order chi connectivity index (χ0) is 15.9. The summed E-state index contributed by atoms with van der Waals surface area (Å²) < 4.78 is 64.3. The van der Waals surface area contributed by atoms with Crippen molar-refractivity contribution in [3.8, 4) is 0 Å². The van der Waals surface area contributed by atoms with Gasteiger partial charge < -0.3 is 5.11 Å². The number of carboxylic acid groups (broad SMARTS) is 1. The van der Waals surface area contributed by atoms with Crippen molar-refractivity contribution >= 4 is 16.0 Å². The Morgan fingerprint density at radius 2 is 1.60 bits per heavy atom. The molecule has 0 atom stereocenters. The number of hydrogen-bond donors (Lipinski definition) is 1. The highest BCUT2D eigenvalue weighted by molar-refractivity contribution is 7.89. The molecule has 1 rings (SSSR count). The summed E-state index contributed by atoms with van der Waals surface area (Å²) in [7, 11) is -3.92. The minimum absolute atomic E-state index is 0.206. The molecule has 0 spiro atoms. The Hall–Kier alpha value is -1.61. The van der Waals surface area contributed by atoms with Crippen LogP contribution in [0.5, 0.6) is 0 Å². The van der Waals surface area contributed by atoms with E-state index < -0.39 is 43.9 Å². The van der Waals surface area contributed by atoms with Crippen molar-refractivity contribution < 1.29 is 31.5 Å². The zero-order valence-electron chi connectivity index (χ0n) is 10.8. The summed E-state index contributed by atoms with van der Waals surface area (Å²) in [5.41, 5.74) is -1.94. The number of carbonyl (C=O) groups is 1. The van der Waals surface area contributed by atoms with Crippen LogP contribution in [-0.2, 0) is 14.8 Å². The molecule has 0 aliphatic heterocycles. The van der Waals surface area contributed by atoms with Gasteiger partial charge in [0.2, 0.25) is 10.0 Å². The van der Waals surface area contributed by atoms with E-state index in [1.54, 1.807) is 0 Å². The molecule has 0 aliphatic rings. The number of carboxylic acids is 1. The van der Waals surface area contributed by atoms with E-state index in [4.69, 9.17) is 5.11 Å². The predicted molar refractivity (Wildman–Crippen MR) is 63.0 cm³/mol. The van der Waals surface area contributed by atoms with Crippen LogP contribution in [0.4, 0.5) is 13.2 Å². The average molecular weight is 311 g/mol. The topological polar surface area (TPSA) is 74.7 Å². The molecule has 0 saturated heterocycles. The molecule has 0 saturated carbocycles. The Morgan fingerprint density at radius 1 is 1.20 bits per heavy atom. The summed E-state index contributed by atoms with van der Waals surface area (Å²) in [5, 5.41) is 8.95. The van der Waals surface area contributed by atoms with Crippen LogP contribution < -0.4 is 0 Å². The predicted octanol–water partition coefficient (Wildman–Crippen LogP) is 1.59. The number of rotatable bonds is 4. The van der Waals surface area contributed by atoms with Crippen molar-refractivity contribution in [1.82, 2.24) is 4.31 Å². The number of halogens is 3. The normalized spacial score (nSPS) is 12.8. The first-order valence-electron chi connectivity index (χ1n) is 5.29. The van der Waals surface area contributed by atoms with Crippen molar-refractivity contribution in [3.05, 3.63) is 29.6 Å². The smallest absolute Gasteiger partial charge is 0.324 e. The number of benzene rings is 1. The number of nitrogens with zero attached hydrogens (tertiary/aromatic N) is 1. The van der Waals surface area contributed by atoms with Gasteiger partial charge in [-0.05, 0) is 13.8 Å². The molecule has 20 heavy (non-hydrogen) atoms. The van der Waals surface area contributed by atoms with Gasteiger partial charge in [-0.15, -0.1) is 0 Å². The lowest BCUT2D eigenvalue weighted by molar-refractivity contribution is -0.145. The van der Waals surface area contributed by atoms with E-state index in [0.717, 1.165) is 20.9 Å². The van der Waals surface area contributed by atoms with Gasteiger partial charge in [0.15, 0.2) is 4.90 Å². The minimum Gasteiger partial charge on any atom is -0.480 e. The first-order chi connectivity index (χ1) is 8.92. The van der Waals surface area contributed by atoms with Gasteiger partial charge >= 0.3 is 5.97 Å². The molecule has 0 radical (unpaired) electrons. The molecule has 0 aromatic heterocycles. The highest BCUT2D eigenvalue weighted by atomic mass is 32.2. The summed E-state index contributed by atoms with van der Waals surface area (Å²) >= 11 is 0. The summed E-state index contributed by atoms with van der Waals surface area (Å²) in [6.07, 6.45) is 0. The van der Waals surface area contributed by atoms with Gasteiger partial charge in [0, 0.05) is 19.2 Å². The van der Waals surface area contributed by atoms with Crippen molar-refractivity contribution in [2.75, 3.05) is 7.05 Å². The standard InChI is InChI=1S/C11H12F3NO4S/c1-11(2,10(16)17)15(3)20(18,19)9-7(13)4-6(12)5-8(9)14/h4-5H,1-3H3,(H,16,17). The highest BCUT2D eigenvalue weighted by Crippen LogP contribution is 2.27. The SMILES string of the molecule is CN(C(C)(C)C(=O)O)S(=O)(=O)c1c(F)cc(F)cc1F. The van der Waals surface area contributed by atoms with Crippen molar-refractivity contribution in [2.45, 2.75) is 24.3 Å². The van der Waals surface area contributed by atoms with Crippen molar-refractivity contribution in [1.29, 1.82) is 0 Å². The zero-order valence-corrected chi connectivity index (χ0v) is 11.6. The van der Waals surface area contributed by atoms with E-state index >= 15 is 0 Å². The van der Waals surface area contributed by atoms with E-state index in [0.29, 0.717) is 4.31 Å². The van der Waals surface area contributed by atoms with Crippen LogP contribution in [0, 0.1) is 17.5 Å². The third-order valence-corrected chi connectivity index (χ3v) is 4.98. The fourth-order valence-electron chi connectivity index (χ4n) is 1.35. The summed E-state index contributed by atoms with van der Waals surface area (Å²) in [6.45, 7) is 2.10. The molecule has 0 aliphatic carbocycles. The van der Waals surface area contributed by atoms with Crippen LogP contribution in [0.1, 0.15) is 13.8 Å². The Kier molecular flexibility index (Phi) is 4.16. The molecule has 1 aromatic carbocycles. The number of hydrogen-bond acceptors (Lipinski definition) is 3. The van der Waals surface area contributed by atoms with E-state index in [-0.39, 0.29) is 12.1 Å². The molecular formula is C11H12F3NO4S. The number of sulfonamides is 1. The Labute approximate surface area is 113 Å². The van der Waals surface area contributed by atoms with Gasteiger partial charge in [0.25, 0.3) is 0 Å². The van der Waals surface area contributed by atoms with Gasteiger partial charge in [0.05, 0.1) is 0 Å². The molecule has 0 heterocycles. The second-order valence-electron chi connectivity index (χ2n) is 4.54. The van der Waals surface area contributed by atoms with Crippen molar-refractivity contribution in [3.63, 3.8) is 0 Å². The molecule has 112 valence electrons. The molecule has 0 bridgehead atoms. The second-order valence-corrected chi connectivity index (χ2v) is 6.44. The Morgan fingerprint density at radius 3 is 1.95 bits per heavy atom. The minimum atomic E-state index is -4.78. The van der Waals surface area contributed by atoms with Crippen LogP contribution in [-0.4, -0.2) is 36.4 Å². The molecule has 0 unspecified atom stereocenters. The maximum atomic E-state index is 13.5. The molecule has 5 nitrogen and oxygen atoms in total. The van der Waals surface area contributed by atoms with Crippen LogP contribution in [0.3, 0.4) is 0 Å². The van der Waals surface area contributed by atoms with Crippen LogP contribution in [0.25, 0.3) is 0 Å². The first kappa shape index (κ1) is 16.4. The maximum absolute atomic E-state index is 13.5. The summed E-state index contributed by atoms with van der Waals surface area (Å²) in [5.74, 6) is -6.04. The lowest BCUT2D eigenvalue weighted by atomic mass is 10.1. The number of likely N-dealkylation sites (N-methyl/N-ethyl adjacent to an activating group) is 1. The molecule has 1 N–H and O–H groups in total. The van der Waals surface area contributed by atoms with E-state index in [9.17, 15) is 26.4 Å². The third-order valence-electron chi connectivity index (χ3n) is 2.89. The van der Waals surface area contributed by atoms with Gasteiger partial charge in [0.1, 0.15) is 23.0 Å². The Bertz CT molecular complexity index is 635. The second kappa shape index (κ2) is 5.06. The Balaban J connectivity index is 3.50. The largest absolute Gasteiger partial charge is 0.480 e. The first-order valence-corrected chi connectivity index (χ1v) is 6.73. The van der Waals surface area contributed by atoms with Crippen molar-refractivity contribution in [2.24, 2.45) is 0 Å². The van der Waals surface area contributed by atoms with Gasteiger partial charge in [-0.2, -0.15) is 4.31 Å². The monoisotopic (exact) mass is 311 g/mol. The quantitative estimate of drug-likeness (QED) is 0.916. The van der Waals surface area contributed by atoms with Crippen LogP contribution >= 0.6 is 0 Å². The summed E-state index contributed by atoms with van der Waals surface area (Å²) in [6, 6.07) is 0.412. The van der Waals surface area contributed by atoms with Gasteiger partial charge in [-0.3, -0.25) is 4.79 Å². The third kappa shape index (κ3) is 2.63. The highest BCUT2D eigenvalue weighted by Gasteiger charge is 2.42. The molecule has 0 amide bonds. The lowest BCUT2D eigenvalue weighted by Crippen LogP contribution is -2.50. The average Bonchev–Trinajstić information content (AvgIpc) is 2.25. The van der Waals surface area contributed by atoms with Gasteiger partial charge in [-0.1, -0.05) is 0 Å². The fourth-order valence-corrected chi connectivity index (χ4v) is 2.91. The maximum Gasteiger partial charge on any atom is 0.324 e. The van der Waals surface area contributed by atoms with Gasteiger partial charge in [-0.25, -0.2) is 21.6 Å². The molecule has 9 heteroatoms. The lowest BCUT2D eigenvalue weighted by Gasteiger charge is -2.30. The van der Waals surface area contributed by atoms with E-state index in [2.05, 4.69) is 0 Å². The molecule has 1 aromatic rings. The molecular weight excluding hydrogens is 299 g/mol. The van der Waals surface area contributed by atoms with E-state index in [1.165, 1.54) is 0 Å². The van der Waals surface area contributed by atoms with E-state index in [1.807, 2.05) is 0 Å². The number of aliphatic carboxylic acids is 1. The summed E-state index contributed by atoms with van der Waals surface area (Å²) in [4.78, 5) is 9.62. The van der Waals surface area contributed by atoms with Crippen LogP contribution in [0.15, 0.2) is 17.0 Å².